The molecule has 0 aliphatic carbocycles. The van der Waals surface area contributed by atoms with Gasteiger partial charge in [-0.05, 0) is 59.4 Å². The number of tetrazole rings is 1. The van der Waals surface area contributed by atoms with E-state index in [0.717, 1.165) is 63.4 Å². The summed E-state index contributed by atoms with van der Waals surface area (Å²) in [7, 11) is 0. The number of nitrogens with zero attached hydrogens (tertiary/aromatic N) is 4. The lowest BCUT2D eigenvalue weighted by Crippen LogP contribution is -2.05. The van der Waals surface area contributed by atoms with E-state index in [-0.39, 0.29) is 5.97 Å². The number of aryl methyl sites for hydroxylation is 2. The van der Waals surface area contributed by atoms with Gasteiger partial charge in [0.1, 0.15) is 12.4 Å². The predicted octanol–water partition coefficient (Wildman–Crippen LogP) is 6.48. The minimum Gasteiger partial charge on any atom is -0.488 e. The van der Waals surface area contributed by atoms with E-state index >= 15 is 0 Å². The number of hydrogen-bond donors (Lipinski definition) is 1. The van der Waals surface area contributed by atoms with Crippen molar-refractivity contribution in [3.05, 3.63) is 101 Å². The Morgan fingerprint density at radius 1 is 0.850 bits per heavy atom. The molecule has 0 amide bonds. The number of rotatable bonds is 10. The monoisotopic (exact) mass is 533 g/mol. The van der Waals surface area contributed by atoms with Crippen molar-refractivity contribution < 1.29 is 14.3 Å². The Kier molecular flexibility index (Phi) is 8.25. The van der Waals surface area contributed by atoms with Gasteiger partial charge in [0, 0.05) is 22.9 Å². The highest BCUT2D eigenvalue weighted by molar-refractivity contribution is 5.90. The number of esters is 1. The number of benzene rings is 3. The third-order valence-corrected chi connectivity index (χ3v) is 6.67. The molecule has 5 aromatic rings. The summed E-state index contributed by atoms with van der Waals surface area (Å²) >= 11 is 0. The predicted molar refractivity (Wildman–Crippen MR) is 154 cm³/mol. The minimum atomic E-state index is -0.330. The fourth-order valence-corrected chi connectivity index (χ4v) is 4.62. The van der Waals surface area contributed by atoms with Crippen molar-refractivity contribution in [2.24, 2.45) is 0 Å². The summed E-state index contributed by atoms with van der Waals surface area (Å²) in [6.07, 6.45) is 1.56. The van der Waals surface area contributed by atoms with Crippen LogP contribution in [0.5, 0.6) is 5.75 Å². The van der Waals surface area contributed by atoms with Crippen molar-refractivity contribution in [2.45, 2.75) is 40.2 Å². The van der Waals surface area contributed by atoms with E-state index < -0.39 is 0 Å². The van der Waals surface area contributed by atoms with E-state index in [1.54, 1.807) is 19.1 Å². The average molecular weight is 534 g/mol. The molecule has 0 aliphatic rings. The molecule has 3 aromatic carbocycles. The molecule has 0 unspecified atom stereocenters. The number of ether oxygens (including phenoxy) is 2. The maximum absolute atomic E-state index is 12.1. The first-order valence-electron chi connectivity index (χ1n) is 13.5. The fourth-order valence-electron chi connectivity index (χ4n) is 4.62. The fraction of sp³-hybridized carbons (Fsp3) is 0.219. The summed E-state index contributed by atoms with van der Waals surface area (Å²) in [6, 6.07) is 25.7. The van der Waals surface area contributed by atoms with E-state index in [4.69, 9.17) is 14.5 Å². The van der Waals surface area contributed by atoms with Crippen LogP contribution in [-0.2, 0) is 24.2 Å². The molecule has 0 fully saturated rings. The zero-order valence-corrected chi connectivity index (χ0v) is 22.8. The second kappa shape index (κ2) is 12.3. The number of carbonyl (C=O) groups excluding carboxylic acids is 1. The minimum absolute atomic E-state index is 0.330. The lowest BCUT2D eigenvalue weighted by atomic mass is 9.98. The SMILES string of the molecule is CCOC(=O)c1ccc(-c2c(OCc3ccc(-c4ccccc4-c4nn[nH]n4)cc3)cc(CC)nc2CC)cc1. The molecule has 5 rings (SSSR count). The summed E-state index contributed by atoms with van der Waals surface area (Å²) in [5, 5.41) is 14.5. The van der Waals surface area contributed by atoms with Crippen LogP contribution in [-0.4, -0.2) is 38.2 Å². The van der Waals surface area contributed by atoms with Crippen molar-refractivity contribution >= 4 is 5.97 Å². The Hall–Kier alpha value is -4.85. The van der Waals surface area contributed by atoms with Gasteiger partial charge in [0.2, 0.25) is 5.82 Å². The normalized spacial score (nSPS) is 10.9. The van der Waals surface area contributed by atoms with Crippen LogP contribution in [0.4, 0.5) is 0 Å². The lowest BCUT2D eigenvalue weighted by molar-refractivity contribution is 0.0526. The Balaban J connectivity index is 1.41. The summed E-state index contributed by atoms with van der Waals surface area (Å²) in [5.74, 6) is 1.00. The van der Waals surface area contributed by atoms with Crippen LogP contribution in [0.2, 0.25) is 0 Å². The van der Waals surface area contributed by atoms with Gasteiger partial charge >= 0.3 is 5.97 Å². The van der Waals surface area contributed by atoms with Crippen molar-refractivity contribution in [3.8, 4) is 39.4 Å². The molecule has 2 heterocycles. The van der Waals surface area contributed by atoms with Crippen LogP contribution < -0.4 is 4.74 Å². The number of aromatic amines is 1. The van der Waals surface area contributed by atoms with Crippen molar-refractivity contribution in [2.75, 3.05) is 6.61 Å². The van der Waals surface area contributed by atoms with Crippen LogP contribution in [0, 0.1) is 0 Å². The average Bonchev–Trinajstić information content (AvgIpc) is 3.55. The molecule has 0 bridgehead atoms. The van der Waals surface area contributed by atoms with E-state index in [0.29, 0.717) is 24.6 Å². The molecule has 0 aliphatic heterocycles. The van der Waals surface area contributed by atoms with Crippen LogP contribution in [0.1, 0.15) is 48.1 Å². The summed E-state index contributed by atoms with van der Waals surface area (Å²) < 4.78 is 11.6. The van der Waals surface area contributed by atoms with Crippen LogP contribution >= 0.6 is 0 Å². The first kappa shape index (κ1) is 26.7. The number of nitrogens with one attached hydrogen (secondary N) is 1. The maximum atomic E-state index is 12.1. The number of pyridine rings is 1. The first-order valence-corrected chi connectivity index (χ1v) is 13.5. The summed E-state index contributed by atoms with van der Waals surface area (Å²) in [4.78, 5) is 17.0. The molecular formula is C32H31N5O3. The summed E-state index contributed by atoms with van der Waals surface area (Å²) in [6.45, 7) is 6.72. The third-order valence-electron chi connectivity index (χ3n) is 6.67. The highest BCUT2D eigenvalue weighted by Crippen LogP contribution is 2.35. The van der Waals surface area contributed by atoms with E-state index in [1.807, 2.05) is 42.5 Å². The van der Waals surface area contributed by atoms with E-state index in [9.17, 15) is 4.79 Å². The van der Waals surface area contributed by atoms with Gasteiger partial charge in [0.05, 0.1) is 17.9 Å². The molecule has 0 saturated heterocycles. The van der Waals surface area contributed by atoms with Crippen molar-refractivity contribution in [3.63, 3.8) is 0 Å². The highest BCUT2D eigenvalue weighted by atomic mass is 16.5. The molecule has 0 radical (unpaired) electrons. The van der Waals surface area contributed by atoms with Gasteiger partial charge in [-0.25, -0.2) is 4.79 Å². The molecule has 0 spiro atoms. The molecule has 1 N–H and O–H groups in total. The molecule has 2 aromatic heterocycles. The Morgan fingerprint density at radius 2 is 1.57 bits per heavy atom. The van der Waals surface area contributed by atoms with Gasteiger partial charge in [0.15, 0.2) is 0 Å². The molecule has 8 heteroatoms. The third kappa shape index (κ3) is 5.76. The molecule has 8 nitrogen and oxygen atoms in total. The maximum Gasteiger partial charge on any atom is 0.338 e. The van der Waals surface area contributed by atoms with Crippen molar-refractivity contribution in [1.29, 1.82) is 0 Å². The van der Waals surface area contributed by atoms with E-state index in [1.165, 1.54) is 0 Å². The van der Waals surface area contributed by atoms with E-state index in [2.05, 4.69) is 58.7 Å². The quantitative estimate of drug-likeness (QED) is 0.205. The first-order chi connectivity index (χ1) is 19.6. The molecule has 40 heavy (non-hydrogen) atoms. The van der Waals surface area contributed by atoms with Crippen LogP contribution in [0.3, 0.4) is 0 Å². The molecule has 0 saturated carbocycles. The van der Waals surface area contributed by atoms with Gasteiger partial charge in [-0.2, -0.15) is 5.21 Å². The highest BCUT2D eigenvalue weighted by Gasteiger charge is 2.17. The summed E-state index contributed by atoms with van der Waals surface area (Å²) in [5.41, 5.74) is 8.39. The van der Waals surface area contributed by atoms with Crippen molar-refractivity contribution in [1.82, 2.24) is 25.6 Å². The van der Waals surface area contributed by atoms with Gasteiger partial charge < -0.3 is 9.47 Å². The second-order valence-corrected chi connectivity index (χ2v) is 9.20. The van der Waals surface area contributed by atoms with Crippen LogP contribution in [0.25, 0.3) is 33.6 Å². The Labute approximate surface area is 233 Å². The van der Waals surface area contributed by atoms with Gasteiger partial charge in [-0.1, -0.05) is 74.5 Å². The lowest BCUT2D eigenvalue weighted by Gasteiger charge is -2.17. The number of hydrogen-bond acceptors (Lipinski definition) is 7. The number of aromatic nitrogens is 5. The molecule has 0 atom stereocenters. The van der Waals surface area contributed by atoms with Crippen LogP contribution in [0.15, 0.2) is 78.9 Å². The number of carbonyl (C=O) groups is 1. The number of H-pyrrole nitrogens is 1. The largest absolute Gasteiger partial charge is 0.488 e. The zero-order valence-electron chi connectivity index (χ0n) is 22.8. The Bertz CT molecular complexity index is 1580. The molecule has 202 valence electrons. The molecular weight excluding hydrogens is 502 g/mol. The van der Waals surface area contributed by atoms with Gasteiger partial charge in [-0.15, -0.1) is 10.2 Å². The topological polar surface area (TPSA) is 103 Å². The second-order valence-electron chi connectivity index (χ2n) is 9.20. The Morgan fingerprint density at radius 3 is 2.23 bits per heavy atom. The zero-order chi connectivity index (χ0) is 27.9. The smallest absolute Gasteiger partial charge is 0.338 e. The standard InChI is InChI=1S/C32H31N5O3/c1-4-25-19-29(30(28(5-2)33-25)23-15-17-24(18-16-23)32(38)39-6-3)40-20-21-11-13-22(14-12-21)26-9-7-8-10-27(26)31-34-36-37-35-31/h7-19H,4-6,20H2,1-3H3,(H,34,35,36,37). The van der Waals surface area contributed by atoms with Gasteiger partial charge in [-0.3, -0.25) is 4.98 Å². The van der Waals surface area contributed by atoms with Gasteiger partial charge in [0.25, 0.3) is 0 Å².